The molecule has 0 atom stereocenters. The average molecular weight is 742 g/mol. The monoisotopic (exact) mass is 742 g/mol. The molecule has 0 aliphatic rings. The zero-order chi connectivity index (χ0) is 38.8. The van der Waals surface area contributed by atoms with Crippen molar-refractivity contribution >= 4 is 17.9 Å². The Balaban J connectivity index is 4.56. The summed E-state index contributed by atoms with van der Waals surface area (Å²) in [6, 6.07) is 0. The maximum absolute atomic E-state index is 13.6. The quantitative estimate of drug-likeness (QED) is 0.0355. The summed E-state index contributed by atoms with van der Waals surface area (Å²) in [4.78, 5) is 39.9. The number of unbranched alkanes of at least 4 members (excludes halogenated alkanes) is 34. The van der Waals surface area contributed by atoms with Crippen molar-refractivity contribution in [2.75, 3.05) is 0 Å². The lowest BCUT2D eigenvalue weighted by molar-refractivity contribution is -0.137. The molecule has 0 saturated carbocycles. The van der Waals surface area contributed by atoms with Crippen molar-refractivity contribution < 1.29 is 14.4 Å². The van der Waals surface area contributed by atoms with Gasteiger partial charge >= 0.3 is 0 Å². The van der Waals surface area contributed by atoms with Crippen molar-refractivity contribution in [3.05, 3.63) is 12.2 Å². The van der Waals surface area contributed by atoms with E-state index in [1.807, 2.05) is 0 Å². The summed E-state index contributed by atoms with van der Waals surface area (Å²) in [7, 11) is 0. The second-order valence-corrected chi connectivity index (χ2v) is 16.8. The largest absolute Gasteiger partial charge is 0.298 e. The highest BCUT2D eigenvalue weighted by Gasteiger charge is 2.44. The fourth-order valence-electron chi connectivity index (χ4n) is 7.92. The number of hydrogen-bond donors (Lipinski definition) is 0. The molecule has 0 saturated heterocycles. The molecule has 0 aliphatic carbocycles. The van der Waals surface area contributed by atoms with E-state index in [4.69, 9.17) is 0 Å². The van der Waals surface area contributed by atoms with Crippen LogP contribution in [0.4, 0.5) is 0 Å². The van der Waals surface area contributed by atoms with Crippen molar-refractivity contribution in [3.8, 4) is 0 Å². The number of hydrogen-bond acceptors (Lipinski definition) is 3. The zero-order valence-electron chi connectivity index (χ0n) is 36.4. The lowest BCUT2D eigenvalue weighted by atomic mass is 9.73. The highest BCUT2D eigenvalue weighted by atomic mass is 16.2. The van der Waals surface area contributed by atoms with E-state index < -0.39 is 5.41 Å². The van der Waals surface area contributed by atoms with Crippen LogP contribution in [0.25, 0.3) is 0 Å². The Kier molecular flexibility index (Phi) is 40.9. The minimum atomic E-state index is -1.52. The minimum Gasteiger partial charge on any atom is -0.298 e. The number of carbonyl (C=O) groups is 2. The predicted octanol–water partition coefficient (Wildman–Crippen LogP) is 16.8. The molecule has 0 aliphatic heterocycles. The predicted molar refractivity (Wildman–Crippen MR) is 234 cm³/mol. The molecule has 3 heteroatoms. The standard InChI is InChI=1S/C50H93O3/c1-4-7-10-13-16-19-22-25-28-31-34-37-40-43-46-50(47-51,48(52)44-41-38-35-32-29-26-23-20-17-14-11-8-5-2)49(53)45-42-39-36-33-30-27-24-21-18-15-12-9-6-3/h25,28H,4-24,26-27,29-46H2,1-3H3/b28-25-. The van der Waals surface area contributed by atoms with Crippen LogP contribution < -0.4 is 0 Å². The number of Topliss-reactive ketones (excluding diaryl/α,β-unsaturated/α-hetero) is 2. The van der Waals surface area contributed by atoms with Gasteiger partial charge in [-0.25, -0.2) is 0 Å². The third-order valence-electron chi connectivity index (χ3n) is 11.7. The van der Waals surface area contributed by atoms with Crippen LogP contribution in [0.1, 0.15) is 284 Å². The van der Waals surface area contributed by atoms with Gasteiger partial charge in [-0.3, -0.25) is 14.4 Å². The number of allylic oxidation sites excluding steroid dienone is 2. The van der Waals surface area contributed by atoms with Gasteiger partial charge in [-0.2, -0.15) is 0 Å². The first kappa shape index (κ1) is 51.8. The van der Waals surface area contributed by atoms with Gasteiger partial charge in [0.15, 0.2) is 17.0 Å². The summed E-state index contributed by atoms with van der Waals surface area (Å²) in [6.07, 6.45) is 54.7. The van der Waals surface area contributed by atoms with Crippen LogP contribution in [-0.2, 0) is 14.4 Å². The van der Waals surface area contributed by atoms with Crippen LogP contribution in [0.15, 0.2) is 12.2 Å². The average Bonchev–Trinajstić information content (AvgIpc) is 3.17. The van der Waals surface area contributed by atoms with Gasteiger partial charge in [0.05, 0.1) is 0 Å². The first-order chi connectivity index (χ1) is 26.1. The molecule has 0 unspecified atom stereocenters. The summed E-state index contributed by atoms with van der Waals surface area (Å²) in [6.45, 7) is 6.81. The smallest absolute Gasteiger partial charge is 0.220 e. The molecule has 0 heterocycles. The number of ketones is 2. The fraction of sp³-hybridized carbons (Fsp3) is 0.900. The van der Waals surface area contributed by atoms with Gasteiger partial charge in [0.1, 0.15) is 0 Å². The Morgan fingerprint density at radius 1 is 0.358 bits per heavy atom. The van der Waals surface area contributed by atoms with Gasteiger partial charge in [-0.05, 0) is 44.9 Å². The van der Waals surface area contributed by atoms with E-state index in [9.17, 15) is 14.4 Å². The lowest BCUT2D eigenvalue weighted by Gasteiger charge is -2.25. The Labute approximate surface area is 332 Å². The SMILES string of the molecule is CCCCCCCC/C=C\CCCCCCC([C]=O)(C(=O)CCCCCCCCCCCCCCC)C(=O)CCCCCCCCCCCCCCC. The number of rotatable bonds is 45. The molecular weight excluding hydrogens is 649 g/mol. The van der Waals surface area contributed by atoms with Gasteiger partial charge in [-0.15, -0.1) is 0 Å². The van der Waals surface area contributed by atoms with E-state index in [2.05, 4.69) is 39.2 Å². The third kappa shape index (κ3) is 32.7. The molecule has 0 bridgehead atoms. The maximum Gasteiger partial charge on any atom is 0.220 e. The maximum atomic E-state index is 13.6. The molecule has 0 rings (SSSR count). The molecule has 0 spiro atoms. The topological polar surface area (TPSA) is 51.2 Å². The van der Waals surface area contributed by atoms with Crippen LogP contribution >= 0.6 is 0 Å². The second kappa shape index (κ2) is 41.9. The van der Waals surface area contributed by atoms with Gasteiger partial charge in [0, 0.05) is 12.8 Å². The van der Waals surface area contributed by atoms with Crippen LogP contribution in [0, 0.1) is 5.41 Å². The van der Waals surface area contributed by atoms with Crippen molar-refractivity contribution in [1.82, 2.24) is 0 Å². The Hall–Kier alpha value is -1.25. The highest BCUT2D eigenvalue weighted by molar-refractivity contribution is 6.18. The normalized spacial score (nSPS) is 11.9. The van der Waals surface area contributed by atoms with Gasteiger partial charge in [-0.1, -0.05) is 238 Å². The van der Waals surface area contributed by atoms with Crippen molar-refractivity contribution in [3.63, 3.8) is 0 Å². The van der Waals surface area contributed by atoms with Crippen LogP contribution in [0.3, 0.4) is 0 Å². The summed E-state index contributed by atoms with van der Waals surface area (Å²) in [5.41, 5.74) is -1.52. The second-order valence-electron chi connectivity index (χ2n) is 16.8. The lowest BCUT2D eigenvalue weighted by Crippen LogP contribution is -2.41. The molecule has 0 N–H and O–H groups in total. The van der Waals surface area contributed by atoms with Gasteiger partial charge in [0.25, 0.3) is 0 Å². The zero-order valence-corrected chi connectivity index (χ0v) is 36.4. The van der Waals surface area contributed by atoms with Crippen molar-refractivity contribution in [1.29, 1.82) is 0 Å². The molecule has 53 heavy (non-hydrogen) atoms. The Morgan fingerprint density at radius 3 is 0.887 bits per heavy atom. The van der Waals surface area contributed by atoms with Crippen LogP contribution in [-0.4, -0.2) is 17.9 Å². The first-order valence-corrected chi connectivity index (χ1v) is 24.2. The fourth-order valence-corrected chi connectivity index (χ4v) is 7.92. The molecule has 3 nitrogen and oxygen atoms in total. The molecule has 0 aromatic carbocycles. The van der Waals surface area contributed by atoms with Crippen LogP contribution in [0.5, 0.6) is 0 Å². The summed E-state index contributed by atoms with van der Waals surface area (Å²) < 4.78 is 0. The van der Waals surface area contributed by atoms with Crippen molar-refractivity contribution in [2.45, 2.75) is 284 Å². The minimum absolute atomic E-state index is 0.145. The molecule has 311 valence electrons. The molecule has 0 aromatic rings. The van der Waals surface area contributed by atoms with E-state index in [0.29, 0.717) is 19.3 Å². The highest BCUT2D eigenvalue weighted by Crippen LogP contribution is 2.31. The summed E-state index contributed by atoms with van der Waals surface area (Å²) in [5, 5.41) is 0. The Bertz CT molecular complexity index is 771. The van der Waals surface area contributed by atoms with E-state index in [0.717, 1.165) is 70.6 Å². The molecule has 0 amide bonds. The van der Waals surface area contributed by atoms with E-state index >= 15 is 0 Å². The van der Waals surface area contributed by atoms with E-state index in [1.165, 1.54) is 173 Å². The first-order valence-electron chi connectivity index (χ1n) is 24.2. The third-order valence-corrected chi connectivity index (χ3v) is 11.7. The summed E-state index contributed by atoms with van der Waals surface area (Å²) in [5.74, 6) is -0.291. The molecule has 0 aromatic heterocycles. The van der Waals surface area contributed by atoms with Gasteiger partial charge in [0.2, 0.25) is 6.29 Å². The Morgan fingerprint density at radius 2 is 0.604 bits per heavy atom. The van der Waals surface area contributed by atoms with Crippen molar-refractivity contribution in [2.24, 2.45) is 5.41 Å². The molecule has 0 fully saturated rings. The summed E-state index contributed by atoms with van der Waals surface area (Å²) >= 11 is 0. The van der Waals surface area contributed by atoms with E-state index in [1.54, 1.807) is 0 Å². The molecular formula is C50H93O3. The number of carbonyl (C=O) groups excluding carboxylic acids is 3. The molecule has 1 radical (unpaired) electrons. The van der Waals surface area contributed by atoms with Gasteiger partial charge < -0.3 is 0 Å². The van der Waals surface area contributed by atoms with E-state index in [-0.39, 0.29) is 11.6 Å². The van der Waals surface area contributed by atoms with Crippen LogP contribution in [0.2, 0.25) is 0 Å².